The van der Waals surface area contributed by atoms with Gasteiger partial charge in [0.25, 0.3) is 0 Å². The van der Waals surface area contributed by atoms with Gasteiger partial charge in [0.1, 0.15) is 5.60 Å². The van der Waals surface area contributed by atoms with Gasteiger partial charge in [-0.15, -0.1) is 0 Å². The summed E-state index contributed by atoms with van der Waals surface area (Å²) in [7, 11) is 0. The molecule has 3 nitrogen and oxygen atoms in total. The van der Waals surface area contributed by atoms with E-state index in [4.69, 9.17) is 9.47 Å². The highest BCUT2D eigenvalue weighted by Crippen LogP contribution is 2.29. The van der Waals surface area contributed by atoms with Crippen LogP contribution in [0, 0.1) is 5.92 Å². The molecule has 1 rings (SSSR count). The molecule has 0 aromatic heterocycles. The van der Waals surface area contributed by atoms with Crippen molar-refractivity contribution in [1.29, 1.82) is 0 Å². The molecule has 2 atom stereocenters. The van der Waals surface area contributed by atoms with E-state index < -0.39 is 5.60 Å². The number of esters is 1. The third-order valence-corrected chi connectivity index (χ3v) is 3.42. The molecule has 1 fully saturated rings. The predicted molar refractivity (Wildman–Crippen MR) is 72.5 cm³/mol. The lowest BCUT2D eigenvalue weighted by Gasteiger charge is -2.30. The molecule has 0 heterocycles. The molecule has 0 N–H and O–H groups in total. The van der Waals surface area contributed by atoms with Crippen LogP contribution >= 0.6 is 0 Å². The molecule has 0 aromatic rings. The van der Waals surface area contributed by atoms with Gasteiger partial charge < -0.3 is 9.47 Å². The monoisotopic (exact) mass is 256 g/mol. The van der Waals surface area contributed by atoms with E-state index in [2.05, 4.69) is 6.92 Å². The van der Waals surface area contributed by atoms with Gasteiger partial charge in [-0.2, -0.15) is 0 Å². The van der Waals surface area contributed by atoms with Crippen LogP contribution in [-0.4, -0.2) is 24.3 Å². The summed E-state index contributed by atoms with van der Waals surface area (Å²) in [5.41, 5.74) is -0.395. The third-order valence-electron chi connectivity index (χ3n) is 3.42. The van der Waals surface area contributed by atoms with Crippen molar-refractivity contribution in [1.82, 2.24) is 0 Å². The topological polar surface area (TPSA) is 35.5 Å². The van der Waals surface area contributed by atoms with Crippen molar-refractivity contribution in [2.24, 2.45) is 5.92 Å². The molecule has 0 aromatic carbocycles. The smallest absolute Gasteiger partial charge is 0.308 e. The Bertz CT molecular complexity index is 255. The number of hydrogen-bond acceptors (Lipinski definition) is 3. The molecule has 0 amide bonds. The van der Waals surface area contributed by atoms with Gasteiger partial charge in [-0.25, -0.2) is 0 Å². The first-order valence-corrected chi connectivity index (χ1v) is 7.26. The fraction of sp³-hybridized carbons (Fsp3) is 0.933. The predicted octanol–water partition coefficient (Wildman–Crippen LogP) is 3.70. The molecule has 1 aliphatic carbocycles. The summed E-state index contributed by atoms with van der Waals surface area (Å²) in [6.45, 7) is 8.39. The zero-order chi connectivity index (χ0) is 13.6. The minimum atomic E-state index is -0.395. The van der Waals surface area contributed by atoms with Crippen LogP contribution in [0.5, 0.6) is 0 Å². The second-order valence-corrected chi connectivity index (χ2v) is 6.20. The van der Waals surface area contributed by atoms with E-state index in [1.807, 2.05) is 20.8 Å². The van der Waals surface area contributed by atoms with Crippen molar-refractivity contribution in [3.05, 3.63) is 0 Å². The van der Waals surface area contributed by atoms with Crippen LogP contribution in [0.25, 0.3) is 0 Å². The number of carbonyl (C=O) groups is 1. The van der Waals surface area contributed by atoms with Crippen LogP contribution in [0.4, 0.5) is 0 Å². The van der Waals surface area contributed by atoms with E-state index in [0.29, 0.717) is 25.0 Å². The average molecular weight is 256 g/mol. The number of rotatable bonds is 5. The van der Waals surface area contributed by atoms with Gasteiger partial charge in [-0.1, -0.05) is 26.2 Å². The van der Waals surface area contributed by atoms with E-state index in [-0.39, 0.29) is 5.97 Å². The summed E-state index contributed by atoms with van der Waals surface area (Å²) in [5.74, 6) is 0.517. The second kappa shape index (κ2) is 7.13. The minimum absolute atomic E-state index is 0.161. The molecule has 0 saturated heterocycles. The molecule has 0 spiro atoms. The van der Waals surface area contributed by atoms with Gasteiger partial charge in [-0.3, -0.25) is 4.79 Å². The lowest BCUT2D eigenvalue weighted by atomic mass is 9.85. The summed E-state index contributed by atoms with van der Waals surface area (Å²) in [5, 5.41) is 0. The fourth-order valence-corrected chi connectivity index (χ4v) is 2.55. The van der Waals surface area contributed by atoms with Crippen molar-refractivity contribution in [3.8, 4) is 0 Å². The Morgan fingerprint density at radius 2 is 1.89 bits per heavy atom. The van der Waals surface area contributed by atoms with Gasteiger partial charge in [0.15, 0.2) is 0 Å². The molecule has 0 radical (unpaired) electrons. The SMILES string of the molecule is CCC1CCCCC1OCCC(=O)OC(C)(C)C. The van der Waals surface area contributed by atoms with Crippen LogP contribution in [0.1, 0.15) is 66.2 Å². The maximum absolute atomic E-state index is 11.5. The van der Waals surface area contributed by atoms with Crippen LogP contribution in [0.2, 0.25) is 0 Å². The van der Waals surface area contributed by atoms with Crippen LogP contribution in [0.3, 0.4) is 0 Å². The molecule has 106 valence electrons. The summed E-state index contributed by atoms with van der Waals surface area (Å²) >= 11 is 0. The maximum atomic E-state index is 11.5. The Balaban J connectivity index is 2.22. The Morgan fingerprint density at radius 3 is 2.50 bits per heavy atom. The summed E-state index contributed by atoms with van der Waals surface area (Å²) in [6, 6.07) is 0. The summed E-state index contributed by atoms with van der Waals surface area (Å²) < 4.78 is 11.1. The van der Waals surface area contributed by atoms with E-state index >= 15 is 0 Å². The fourth-order valence-electron chi connectivity index (χ4n) is 2.55. The molecule has 1 saturated carbocycles. The lowest BCUT2D eigenvalue weighted by molar-refractivity contribution is -0.156. The first kappa shape index (κ1) is 15.5. The normalized spacial score (nSPS) is 24.9. The Morgan fingerprint density at radius 1 is 1.22 bits per heavy atom. The number of ether oxygens (including phenoxy) is 2. The average Bonchev–Trinajstić information content (AvgIpc) is 2.27. The highest BCUT2D eigenvalue weighted by Gasteiger charge is 2.24. The Labute approximate surface area is 111 Å². The van der Waals surface area contributed by atoms with E-state index in [9.17, 15) is 4.79 Å². The molecule has 1 aliphatic rings. The molecular weight excluding hydrogens is 228 g/mol. The van der Waals surface area contributed by atoms with Crippen molar-refractivity contribution in [2.45, 2.75) is 77.9 Å². The Hall–Kier alpha value is -0.570. The third kappa shape index (κ3) is 5.85. The first-order chi connectivity index (χ1) is 8.42. The zero-order valence-electron chi connectivity index (χ0n) is 12.3. The number of hydrogen-bond donors (Lipinski definition) is 0. The van der Waals surface area contributed by atoms with Gasteiger partial charge in [0.2, 0.25) is 0 Å². The van der Waals surface area contributed by atoms with Crippen LogP contribution in [-0.2, 0) is 14.3 Å². The highest BCUT2D eigenvalue weighted by molar-refractivity contribution is 5.69. The van der Waals surface area contributed by atoms with Gasteiger partial charge in [0.05, 0.1) is 19.1 Å². The first-order valence-electron chi connectivity index (χ1n) is 7.26. The lowest BCUT2D eigenvalue weighted by Crippen LogP contribution is -2.29. The van der Waals surface area contributed by atoms with Gasteiger partial charge in [0, 0.05) is 0 Å². The maximum Gasteiger partial charge on any atom is 0.308 e. The van der Waals surface area contributed by atoms with Crippen molar-refractivity contribution < 1.29 is 14.3 Å². The van der Waals surface area contributed by atoms with Crippen molar-refractivity contribution in [3.63, 3.8) is 0 Å². The molecular formula is C15H28O3. The van der Waals surface area contributed by atoms with Crippen molar-refractivity contribution in [2.75, 3.05) is 6.61 Å². The minimum Gasteiger partial charge on any atom is -0.460 e. The van der Waals surface area contributed by atoms with E-state index in [1.54, 1.807) is 0 Å². The molecule has 18 heavy (non-hydrogen) atoms. The highest BCUT2D eigenvalue weighted by atomic mass is 16.6. The molecule has 2 unspecified atom stereocenters. The molecule has 0 bridgehead atoms. The zero-order valence-corrected chi connectivity index (χ0v) is 12.3. The second-order valence-electron chi connectivity index (χ2n) is 6.20. The summed E-state index contributed by atoms with van der Waals surface area (Å²) in [4.78, 5) is 11.5. The van der Waals surface area contributed by atoms with E-state index in [0.717, 1.165) is 6.42 Å². The van der Waals surface area contributed by atoms with Gasteiger partial charge >= 0.3 is 5.97 Å². The van der Waals surface area contributed by atoms with Crippen molar-refractivity contribution >= 4 is 5.97 Å². The van der Waals surface area contributed by atoms with Gasteiger partial charge in [-0.05, 0) is 39.5 Å². The Kier molecular flexibility index (Phi) is 6.13. The number of carbonyl (C=O) groups excluding carboxylic acids is 1. The van der Waals surface area contributed by atoms with Crippen LogP contribution in [0.15, 0.2) is 0 Å². The standard InChI is InChI=1S/C15H28O3/c1-5-12-8-6-7-9-13(12)17-11-10-14(16)18-15(2,3)4/h12-13H,5-11H2,1-4H3. The molecule has 3 heteroatoms. The largest absolute Gasteiger partial charge is 0.460 e. The molecule has 0 aliphatic heterocycles. The summed E-state index contributed by atoms with van der Waals surface area (Å²) in [6.07, 6.45) is 6.89. The quantitative estimate of drug-likeness (QED) is 0.703. The van der Waals surface area contributed by atoms with Crippen LogP contribution < -0.4 is 0 Å². The van der Waals surface area contributed by atoms with E-state index in [1.165, 1.54) is 25.7 Å².